The first kappa shape index (κ1) is 19.2. The summed E-state index contributed by atoms with van der Waals surface area (Å²) in [5.41, 5.74) is 0. The average Bonchev–Trinajstić information content (AvgIpc) is 2.47. The third-order valence-corrected chi connectivity index (χ3v) is 3.29. The third kappa shape index (κ3) is 17.2. The van der Waals surface area contributed by atoms with Crippen LogP contribution in [0.1, 0.15) is 77.6 Å². The molecule has 1 nitrogen and oxygen atoms in total. The fraction of sp³-hybridized carbons (Fsp3) is 0.684. The SMILES string of the molecule is CC/C=C\CC/C=C\C/C=C\CCCCCCCCO. The summed E-state index contributed by atoms with van der Waals surface area (Å²) < 4.78 is 0. The molecule has 0 radical (unpaired) electrons. The minimum Gasteiger partial charge on any atom is -0.396 e. The van der Waals surface area contributed by atoms with Gasteiger partial charge in [0.2, 0.25) is 0 Å². The number of hydrogen-bond donors (Lipinski definition) is 1. The molecule has 1 N–H and O–H groups in total. The van der Waals surface area contributed by atoms with Gasteiger partial charge in [-0.3, -0.25) is 0 Å². The lowest BCUT2D eigenvalue weighted by molar-refractivity contribution is 0.282. The van der Waals surface area contributed by atoms with Crippen LogP contribution in [0.15, 0.2) is 36.5 Å². The summed E-state index contributed by atoms with van der Waals surface area (Å²) >= 11 is 0. The predicted molar refractivity (Wildman–Crippen MR) is 91.0 cm³/mol. The molecule has 0 fully saturated rings. The molecule has 0 heterocycles. The molecule has 0 aromatic carbocycles. The largest absolute Gasteiger partial charge is 0.396 e. The Morgan fingerprint density at radius 2 is 1.15 bits per heavy atom. The quantitative estimate of drug-likeness (QED) is 0.307. The fourth-order valence-electron chi connectivity index (χ4n) is 2.06. The maximum atomic E-state index is 8.66. The van der Waals surface area contributed by atoms with Gasteiger partial charge in [0, 0.05) is 6.61 Å². The highest BCUT2D eigenvalue weighted by atomic mass is 16.2. The second kappa shape index (κ2) is 18.2. The van der Waals surface area contributed by atoms with Crippen molar-refractivity contribution in [1.29, 1.82) is 0 Å². The average molecular weight is 278 g/mol. The Hall–Kier alpha value is -0.820. The molecule has 0 rings (SSSR count). The van der Waals surface area contributed by atoms with Gasteiger partial charge in [0.1, 0.15) is 0 Å². The van der Waals surface area contributed by atoms with Crippen LogP contribution in [-0.2, 0) is 0 Å². The highest BCUT2D eigenvalue weighted by molar-refractivity contribution is 4.94. The zero-order valence-electron chi connectivity index (χ0n) is 13.4. The molecule has 116 valence electrons. The highest BCUT2D eigenvalue weighted by Crippen LogP contribution is 2.07. The second-order valence-corrected chi connectivity index (χ2v) is 5.27. The van der Waals surface area contributed by atoms with Crippen LogP contribution in [0.3, 0.4) is 0 Å². The van der Waals surface area contributed by atoms with E-state index < -0.39 is 0 Å². The van der Waals surface area contributed by atoms with Crippen molar-refractivity contribution in [2.24, 2.45) is 0 Å². The van der Waals surface area contributed by atoms with Crippen molar-refractivity contribution < 1.29 is 5.11 Å². The normalized spacial score (nSPS) is 12.3. The van der Waals surface area contributed by atoms with Gasteiger partial charge in [-0.2, -0.15) is 0 Å². The van der Waals surface area contributed by atoms with E-state index in [9.17, 15) is 0 Å². The predicted octanol–water partition coefficient (Wildman–Crippen LogP) is 5.96. The lowest BCUT2D eigenvalue weighted by Gasteiger charge is -1.98. The molecule has 0 amide bonds. The maximum Gasteiger partial charge on any atom is 0.0431 e. The van der Waals surface area contributed by atoms with E-state index in [4.69, 9.17) is 5.11 Å². The maximum absolute atomic E-state index is 8.66. The Labute approximate surface area is 126 Å². The van der Waals surface area contributed by atoms with Crippen LogP contribution in [-0.4, -0.2) is 11.7 Å². The van der Waals surface area contributed by atoms with Crippen molar-refractivity contribution in [3.8, 4) is 0 Å². The Kier molecular flexibility index (Phi) is 17.4. The molecule has 0 aliphatic rings. The zero-order valence-corrected chi connectivity index (χ0v) is 13.4. The van der Waals surface area contributed by atoms with Crippen molar-refractivity contribution in [2.75, 3.05) is 6.61 Å². The smallest absolute Gasteiger partial charge is 0.0431 e. The summed E-state index contributed by atoms with van der Waals surface area (Å²) in [6.07, 6.45) is 26.8. The standard InChI is InChI=1S/C19H34O/c1-2-3-4-5-6-7-8-9-10-11-12-13-14-15-16-17-18-19-20/h3-4,7-8,10-11,20H,2,5-6,9,12-19H2,1H3/b4-3-,8-7-,11-10-. The van der Waals surface area contributed by atoms with Crippen LogP contribution in [0.5, 0.6) is 0 Å². The minimum absolute atomic E-state index is 0.352. The van der Waals surface area contributed by atoms with E-state index in [1.807, 2.05) is 0 Å². The third-order valence-electron chi connectivity index (χ3n) is 3.29. The molecule has 0 bridgehead atoms. The first-order chi connectivity index (χ1) is 9.91. The Balaban J connectivity index is 3.19. The van der Waals surface area contributed by atoms with E-state index in [-0.39, 0.29) is 0 Å². The van der Waals surface area contributed by atoms with Crippen molar-refractivity contribution in [1.82, 2.24) is 0 Å². The fourth-order valence-corrected chi connectivity index (χ4v) is 2.06. The van der Waals surface area contributed by atoms with Crippen molar-refractivity contribution in [3.05, 3.63) is 36.5 Å². The van der Waals surface area contributed by atoms with Crippen LogP contribution in [0.2, 0.25) is 0 Å². The van der Waals surface area contributed by atoms with Gasteiger partial charge in [0.25, 0.3) is 0 Å². The lowest BCUT2D eigenvalue weighted by Crippen LogP contribution is -1.83. The van der Waals surface area contributed by atoms with Crippen molar-refractivity contribution in [2.45, 2.75) is 77.6 Å². The number of unbranched alkanes of at least 4 members (excludes halogenated alkanes) is 7. The molecule has 0 aliphatic carbocycles. The molecule has 1 heteroatoms. The summed E-state index contributed by atoms with van der Waals surface area (Å²) in [5, 5.41) is 8.66. The first-order valence-corrected chi connectivity index (χ1v) is 8.47. The van der Waals surface area contributed by atoms with Crippen LogP contribution >= 0.6 is 0 Å². The molecule has 0 aromatic rings. The summed E-state index contributed by atoms with van der Waals surface area (Å²) in [4.78, 5) is 0. The number of aliphatic hydroxyl groups excluding tert-OH is 1. The molecule has 20 heavy (non-hydrogen) atoms. The van der Waals surface area contributed by atoms with Crippen LogP contribution < -0.4 is 0 Å². The molecule has 0 aromatic heterocycles. The Morgan fingerprint density at radius 1 is 0.600 bits per heavy atom. The van der Waals surface area contributed by atoms with Crippen LogP contribution in [0, 0.1) is 0 Å². The second-order valence-electron chi connectivity index (χ2n) is 5.27. The van der Waals surface area contributed by atoms with Gasteiger partial charge in [-0.25, -0.2) is 0 Å². The van der Waals surface area contributed by atoms with Gasteiger partial charge in [-0.1, -0.05) is 69.1 Å². The van der Waals surface area contributed by atoms with E-state index in [2.05, 4.69) is 43.4 Å². The number of aliphatic hydroxyl groups is 1. The topological polar surface area (TPSA) is 20.2 Å². The van der Waals surface area contributed by atoms with E-state index in [0.717, 1.165) is 25.7 Å². The molecular formula is C19H34O. The summed E-state index contributed by atoms with van der Waals surface area (Å²) in [6, 6.07) is 0. The Bertz CT molecular complexity index is 250. The summed E-state index contributed by atoms with van der Waals surface area (Å²) in [5.74, 6) is 0. The number of allylic oxidation sites excluding steroid dienone is 6. The van der Waals surface area contributed by atoms with Gasteiger partial charge in [0.15, 0.2) is 0 Å². The molecule has 0 spiro atoms. The zero-order chi connectivity index (χ0) is 14.7. The van der Waals surface area contributed by atoms with Gasteiger partial charge in [0.05, 0.1) is 0 Å². The lowest BCUT2D eigenvalue weighted by atomic mass is 10.1. The molecule has 0 saturated carbocycles. The first-order valence-electron chi connectivity index (χ1n) is 8.47. The Morgan fingerprint density at radius 3 is 1.80 bits per heavy atom. The minimum atomic E-state index is 0.352. The van der Waals surface area contributed by atoms with Gasteiger partial charge < -0.3 is 5.11 Å². The van der Waals surface area contributed by atoms with Crippen LogP contribution in [0.25, 0.3) is 0 Å². The van der Waals surface area contributed by atoms with E-state index >= 15 is 0 Å². The molecular weight excluding hydrogens is 244 g/mol. The van der Waals surface area contributed by atoms with E-state index in [0.29, 0.717) is 6.61 Å². The van der Waals surface area contributed by atoms with E-state index in [1.165, 1.54) is 44.9 Å². The van der Waals surface area contributed by atoms with Crippen LogP contribution in [0.4, 0.5) is 0 Å². The number of hydrogen-bond acceptors (Lipinski definition) is 1. The van der Waals surface area contributed by atoms with Gasteiger partial charge >= 0.3 is 0 Å². The molecule has 0 unspecified atom stereocenters. The van der Waals surface area contributed by atoms with Gasteiger partial charge in [-0.05, 0) is 44.9 Å². The van der Waals surface area contributed by atoms with Crippen molar-refractivity contribution >= 4 is 0 Å². The molecule has 0 saturated heterocycles. The molecule has 0 aliphatic heterocycles. The highest BCUT2D eigenvalue weighted by Gasteiger charge is 1.89. The summed E-state index contributed by atoms with van der Waals surface area (Å²) in [7, 11) is 0. The number of rotatable bonds is 14. The van der Waals surface area contributed by atoms with Crippen molar-refractivity contribution in [3.63, 3.8) is 0 Å². The molecule has 0 atom stereocenters. The summed E-state index contributed by atoms with van der Waals surface area (Å²) in [6.45, 7) is 2.53. The van der Waals surface area contributed by atoms with Gasteiger partial charge in [-0.15, -0.1) is 0 Å². The monoisotopic (exact) mass is 278 g/mol. The van der Waals surface area contributed by atoms with E-state index in [1.54, 1.807) is 0 Å².